The predicted molar refractivity (Wildman–Crippen MR) is 51.1 cm³/mol. The molecule has 0 fully saturated rings. The van der Waals surface area contributed by atoms with Crippen LogP contribution in [0.25, 0.3) is 0 Å². The fraction of sp³-hybridized carbons (Fsp3) is 0.800. The molecule has 0 unspecified atom stereocenters. The zero-order chi connectivity index (χ0) is 8.53. The first kappa shape index (κ1) is 14.8. The van der Waals surface area contributed by atoms with Gasteiger partial charge in [-0.05, 0) is 19.3 Å². The molecular formula is C10H20LiN. The van der Waals surface area contributed by atoms with Crippen LogP contribution in [0.4, 0.5) is 0 Å². The second kappa shape index (κ2) is 11.3. The summed E-state index contributed by atoms with van der Waals surface area (Å²) in [4.78, 5) is 0. The predicted octanol–water partition coefficient (Wildman–Crippen LogP) is 0.595. The summed E-state index contributed by atoms with van der Waals surface area (Å²) in [6, 6.07) is 0. The summed E-state index contributed by atoms with van der Waals surface area (Å²) in [5.41, 5.74) is 0.885. The molecule has 1 nitrogen and oxygen atoms in total. The molecule has 0 heterocycles. The Balaban J connectivity index is 0. The van der Waals surface area contributed by atoms with Crippen molar-refractivity contribution in [2.75, 3.05) is 0 Å². The largest absolute Gasteiger partial charge is 1.00 e. The van der Waals surface area contributed by atoms with E-state index in [2.05, 4.69) is 13.8 Å². The van der Waals surface area contributed by atoms with Crippen LogP contribution in [0.5, 0.6) is 0 Å². The zero-order valence-corrected chi connectivity index (χ0v) is 8.66. The van der Waals surface area contributed by atoms with Gasteiger partial charge in [0.15, 0.2) is 0 Å². The Morgan fingerprint density at radius 1 is 1.17 bits per heavy atom. The molecule has 0 aliphatic carbocycles. The quantitative estimate of drug-likeness (QED) is 0.245. The molecule has 0 saturated heterocycles. The van der Waals surface area contributed by atoms with Crippen molar-refractivity contribution in [2.45, 2.75) is 51.9 Å². The topological polar surface area (TPSA) is 23.9 Å². The molecule has 66 valence electrons. The van der Waals surface area contributed by atoms with Crippen LogP contribution in [-0.4, -0.2) is 5.71 Å². The average Bonchev–Trinajstić information content (AvgIpc) is 1.99. The Hall–Kier alpha value is 0.267. The van der Waals surface area contributed by atoms with E-state index in [1.165, 1.54) is 25.7 Å². The Labute approximate surface area is 89.0 Å². The van der Waals surface area contributed by atoms with Gasteiger partial charge >= 0.3 is 18.9 Å². The van der Waals surface area contributed by atoms with E-state index in [-0.39, 0.29) is 18.9 Å². The van der Waals surface area contributed by atoms with Crippen LogP contribution in [0, 0.1) is 12.3 Å². The maximum atomic E-state index is 7.48. The van der Waals surface area contributed by atoms with E-state index in [1.54, 1.807) is 0 Å². The van der Waals surface area contributed by atoms with Gasteiger partial charge < -0.3 is 12.3 Å². The van der Waals surface area contributed by atoms with Crippen LogP contribution < -0.4 is 18.9 Å². The summed E-state index contributed by atoms with van der Waals surface area (Å²) in [5.74, 6) is 0. The van der Waals surface area contributed by atoms with Gasteiger partial charge in [0, 0.05) is 5.71 Å². The van der Waals surface area contributed by atoms with Crippen LogP contribution in [0.15, 0.2) is 0 Å². The van der Waals surface area contributed by atoms with Crippen LogP contribution in [0.2, 0.25) is 0 Å². The van der Waals surface area contributed by atoms with Gasteiger partial charge in [-0.1, -0.05) is 26.2 Å². The molecule has 0 aromatic rings. The minimum atomic E-state index is 0. The molecule has 0 aliphatic rings. The molecule has 1 N–H and O–H groups in total. The monoisotopic (exact) mass is 161 g/mol. The summed E-state index contributed by atoms with van der Waals surface area (Å²) in [7, 11) is 0. The van der Waals surface area contributed by atoms with E-state index in [1.807, 2.05) is 0 Å². The first-order valence-electron chi connectivity index (χ1n) is 4.66. The van der Waals surface area contributed by atoms with Crippen molar-refractivity contribution in [1.29, 1.82) is 5.41 Å². The number of hydrogen-bond acceptors (Lipinski definition) is 1. The molecule has 0 radical (unpaired) electrons. The van der Waals surface area contributed by atoms with Gasteiger partial charge in [0.05, 0.1) is 0 Å². The molecule has 2 heteroatoms. The molecule has 0 aliphatic heterocycles. The van der Waals surface area contributed by atoms with Crippen molar-refractivity contribution >= 4 is 5.71 Å². The molecule has 0 amide bonds. The maximum Gasteiger partial charge on any atom is 1.00 e. The average molecular weight is 161 g/mol. The minimum absolute atomic E-state index is 0. The number of hydrogen-bond donors (Lipinski definition) is 1. The van der Waals surface area contributed by atoms with Crippen LogP contribution >= 0.6 is 0 Å². The Bertz CT molecular complexity index is 102. The van der Waals surface area contributed by atoms with Crippen LogP contribution in [0.3, 0.4) is 0 Å². The van der Waals surface area contributed by atoms with E-state index in [0.29, 0.717) is 0 Å². The summed E-state index contributed by atoms with van der Waals surface area (Å²) in [6.45, 7) is 5.94. The molecule has 0 aromatic heterocycles. The zero-order valence-electron chi connectivity index (χ0n) is 8.66. The van der Waals surface area contributed by atoms with Crippen LogP contribution in [-0.2, 0) is 0 Å². The molecule has 0 spiro atoms. The van der Waals surface area contributed by atoms with Crippen molar-refractivity contribution in [1.82, 2.24) is 0 Å². The van der Waals surface area contributed by atoms with Crippen molar-refractivity contribution < 1.29 is 18.9 Å². The number of nitrogens with one attached hydrogen (secondary N) is 1. The third kappa shape index (κ3) is 10.3. The minimum Gasteiger partial charge on any atom is -0.343 e. The molecule has 12 heavy (non-hydrogen) atoms. The maximum absolute atomic E-state index is 7.48. The summed E-state index contributed by atoms with van der Waals surface area (Å²) in [6.07, 6.45) is 7.86. The first-order chi connectivity index (χ1) is 5.31. The van der Waals surface area contributed by atoms with Gasteiger partial charge in [-0.3, -0.25) is 0 Å². The Morgan fingerprint density at radius 3 is 2.33 bits per heavy atom. The molecule has 0 rings (SSSR count). The van der Waals surface area contributed by atoms with Gasteiger partial charge in [0.1, 0.15) is 0 Å². The second-order valence-corrected chi connectivity index (χ2v) is 3.02. The fourth-order valence-corrected chi connectivity index (χ4v) is 1.10. The van der Waals surface area contributed by atoms with Crippen LogP contribution in [0.1, 0.15) is 51.9 Å². The molecule has 0 saturated carbocycles. The SMILES string of the molecule is [CH2-]CCC(=N)CCCCCC.[Li+]. The van der Waals surface area contributed by atoms with Gasteiger partial charge in [-0.2, -0.15) is 6.42 Å². The van der Waals surface area contributed by atoms with Gasteiger partial charge in [-0.25, -0.2) is 0 Å². The van der Waals surface area contributed by atoms with Gasteiger partial charge in [-0.15, -0.1) is 0 Å². The fourth-order valence-electron chi connectivity index (χ4n) is 1.10. The standard InChI is InChI=1S/C10H20N.Li/c1-3-5-6-7-9-10(11)8-4-2;/h11H,2-9H2,1H3;/q-1;+1. The Morgan fingerprint density at radius 2 is 1.83 bits per heavy atom. The summed E-state index contributed by atoms with van der Waals surface area (Å²) < 4.78 is 0. The molecular weight excluding hydrogens is 141 g/mol. The summed E-state index contributed by atoms with van der Waals surface area (Å²) in [5, 5.41) is 7.48. The molecule has 0 aromatic carbocycles. The van der Waals surface area contributed by atoms with E-state index in [9.17, 15) is 0 Å². The van der Waals surface area contributed by atoms with Gasteiger partial charge in [0.25, 0.3) is 0 Å². The number of unbranched alkanes of at least 4 members (excludes halogenated alkanes) is 3. The third-order valence-electron chi connectivity index (χ3n) is 1.81. The van der Waals surface area contributed by atoms with E-state index >= 15 is 0 Å². The smallest absolute Gasteiger partial charge is 0.343 e. The summed E-state index contributed by atoms with van der Waals surface area (Å²) >= 11 is 0. The third-order valence-corrected chi connectivity index (χ3v) is 1.81. The van der Waals surface area contributed by atoms with Gasteiger partial charge in [0.2, 0.25) is 0 Å². The van der Waals surface area contributed by atoms with Crippen molar-refractivity contribution in [3.05, 3.63) is 6.92 Å². The van der Waals surface area contributed by atoms with Crippen molar-refractivity contribution in [3.63, 3.8) is 0 Å². The molecule has 0 bridgehead atoms. The normalized spacial score (nSPS) is 9.17. The van der Waals surface area contributed by atoms with Crippen molar-refractivity contribution in [3.8, 4) is 0 Å². The van der Waals surface area contributed by atoms with E-state index in [4.69, 9.17) is 5.41 Å². The first-order valence-corrected chi connectivity index (χ1v) is 4.66. The Kier molecular flexibility index (Phi) is 13.9. The number of rotatable bonds is 7. The van der Waals surface area contributed by atoms with Crippen molar-refractivity contribution in [2.24, 2.45) is 0 Å². The van der Waals surface area contributed by atoms with E-state index in [0.717, 1.165) is 25.0 Å². The second-order valence-electron chi connectivity index (χ2n) is 3.02. The molecule has 0 atom stereocenters. The van der Waals surface area contributed by atoms with E-state index < -0.39 is 0 Å².